The maximum Gasteiger partial charge on any atom is 0.303 e. The molecule has 0 saturated heterocycles. The van der Waals surface area contributed by atoms with Gasteiger partial charge in [0.15, 0.2) is 0 Å². The summed E-state index contributed by atoms with van der Waals surface area (Å²) in [4.78, 5) is 18.3. The number of carboxylic acid groups (broad SMARTS) is 1. The van der Waals surface area contributed by atoms with Crippen molar-refractivity contribution >= 4 is 17.3 Å². The van der Waals surface area contributed by atoms with Gasteiger partial charge in [0.2, 0.25) is 5.89 Å². The van der Waals surface area contributed by atoms with Gasteiger partial charge in [-0.25, -0.2) is 4.98 Å². The van der Waals surface area contributed by atoms with Crippen LogP contribution in [-0.2, 0) is 24.2 Å². The van der Waals surface area contributed by atoms with E-state index in [0.717, 1.165) is 51.0 Å². The fraction of sp³-hybridized carbons (Fsp3) is 0.222. The van der Waals surface area contributed by atoms with Crippen molar-refractivity contribution in [1.29, 1.82) is 0 Å². The summed E-state index contributed by atoms with van der Waals surface area (Å²) in [5.74, 6) is 2.76. The third kappa shape index (κ3) is 7.58. The Hall–Kier alpha value is -5.24. The summed E-state index contributed by atoms with van der Waals surface area (Å²) in [7, 11) is 3.28. The summed E-state index contributed by atoms with van der Waals surface area (Å²) < 4.78 is 22.9. The molecule has 0 aliphatic rings. The summed E-state index contributed by atoms with van der Waals surface area (Å²) in [6, 6.07) is 31.4. The number of aliphatic carboxylic acids is 1. The van der Waals surface area contributed by atoms with Gasteiger partial charge in [-0.3, -0.25) is 4.79 Å². The standard InChI is InChI=1S/C36H36N2O6/c1-25-34(37-36(44-25)27-7-5-4-6-8-27)21-22-43-33-15-9-26(10-20-35(39)40)28(23-33)24-38(29-11-16-31(41-2)17-12-29)30-13-18-32(42-3)19-14-30/h4-9,11-19,23H,10,20-22,24H2,1-3H3,(H,39,40). The number of methoxy groups -OCH3 is 2. The van der Waals surface area contributed by atoms with Crippen LogP contribution in [0.15, 0.2) is 101 Å². The molecule has 1 heterocycles. The number of anilines is 2. The third-order valence-electron chi connectivity index (χ3n) is 7.40. The van der Waals surface area contributed by atoms with Crippen molar-refractivity contribution in [2.24, 2.45) is 0 Å². The highest BCUT2D eigenvalue weighted by molar-refractivity contribution is 5.68. The Morgan fingerprint density at radius 3 is 2.00 bits per heavy atom. The van der Waals surface area contributed by atoms with E-state index in [2.05, 4.69) is 9.88 Å². The van der Waals surface area contributed by atoms with Crippen LogP contribution in [0.2, 0.25) is 0 Å². The number of ether oxygens (including phenoxy) is 3. The molecule has 5 aromatic rings. The topological polar surface area (TPSA) is 94.3 Å². The molecule has 226 valence electrons. The van der Waals surface area contributed by atoms with E-state index >= 15 is 0 Å². The first-order valence-corrected chi connectivity index (χ1v) is 14.5. The number of hydrogen-bond donors (Lipinski definition) is 1. The number of benzene rings is 4. The first-order valence-electron chi connectivity index (χ1n) is 14.5. The second-order valence-electron chi connectivity index (χ2n) is 10.3. The maximum atomic E-state index is 11.5. The van der Waals surface area contributed by atoms with Crippen LogP contribution in [0, 0.1) is 6.92 Å². The monoisotopic (exact) mass is 592 g/mol. The number of nitrogens with zero attached hydrogens (tertiary/aromatic N) is 2. The van der Waals surface area contributed by atoms with Crippen LogP contribution in [0.3, 0.4) is 0 Å². The van der Waals surface area contributed by atoms with E-state index in [9.17, 15) is 9.90 Å². The molecule has 1 N–H and O–H groups in total. The van der Waals surface area contributed by atoms with Gasteiger partial charge in [-0.2, -0.15) is 0 Å². The van der Waals surface area contributed by atoms with E-state index in [1.165, 1.54) is 0 Å². The SMILES string of the molecule is COc1ccc(N(Cc2cc(OCCc3nc(-c4ccccc4)oc3C)ccc2CCC(=O)O)c2ccc(OC)cc2)cc1. The Morgan fingerprint density at radius 1 is 0.795 bits per heavy atom. The number of carbonyl (C=O) groups is 1. The summed E-state index contributed by atoms with van der Waals surface area (Å²) in [6.45, 7) is 2.82. The lowest BCUT2D eigenvalue weighted by Crippen LogP contribution is -2.18. The van der Waals surface area contributed by atoms with E-state index < -0.39 is 5.97 Å². The zero-order valence-electron chi connectivity index (χ0n) is 25.2. The van der Waals surface area contributed by atoms with Crippen LogP contribution in [-0.4, -0.2) is 36.9 Å². The van der Waals surface area contributed by atoms with Gasteiger partial charge < -0.3 is 28.6 Å². The van der Waals surface area contributed by atoms with Crippen molar-refractivity contribution in [3.8, 4) is 28.7 Å². The number of carboxylic acids is 1. The highest BCUT2D eigenvalue weighted by Crippen LogP contribution is 2.32. The van der Waals surface area contributed by atoms with Crippen molar-refractivity contribution in [2.75, 3.05) is 25.7 Å². The molecule has 0 saturated carbocycles. The molecule has 5 rings (SSSR count). The minimum Gasteiger partial charge on any atom is -0.497 e. The quantitative estimate of drug-likeness (QED) is 0.141. The number of aryl methyl sites for hydroxylation is 2. The van der Waals surface area contributed by atoms with Gasteiger partial charge in [-0.05, 0) is 97.3 Å². The van der Waals surface area contributed by atoms with Crippen molar-refractivity contribution in [2.45, 2.75) is 32.7 Å². The van der Waals surface area contributed by atoms with Crippen LogP contribution >= 0.6 is 0 Å². The van der Waals surface area contributed by atoms with Gasteiger partial charge in [-0.15, -0.1) is 0 Å². The lowest BCUT2D eigenvalue weighted by Gasteiger charge is -2.27. The average molecular weight is 593 g/mol. The zero-order chi connectivity index (χ0) is 30.9. The predicted octanol–water partition coefficient (Wildman–Crippen LogP) is 7.64. The lowest BCUT2D eigenvalue weighted by atomic mass is 10.0. The largest absolute Gasteiger partial charge is 0.497 e. The summed E-state index contributed by atoms with van der Waals surface area (Å²) in [6.07, 6.45) is 1.03. The number of oxazole rings is 1. The molecule has 0 atom stereocenters. The average Bonchev–Trinajstić information content (AvgIpc) is 3.43. The Morgan fingerprint density at radius 2 is 1.41 bits per heavy atom. The first kappa shape index (κ1) is 30.2. The fourth-order valence-corrected chi connectivity index (χ4v) is 4.98. The molecule has 0 fully saturated rings. The van der Waals surface area contributed by atoms with Gasteiger partial charge >= 0.3 is 5.97 Å². The number of rotatable bonds is 14. The smallest absolute Gasteiger partial charge is 0.303 e. The normalized spacial score (nSPS) is 10.8. The fourth-order valence-electron chi connectivity index (χ4n) is 4.98. The molecule has 8 heteroatoms. The number of aromatic nitrogens is 1. The highest BCUT2D eigenvalue weighted by atomic mass is 16.5. The lowest BCUT2D eigenvalue weighted by molar-refractivity contribution is -0.136. The van der Waals surface area contributed by atoms with Crippen LogP contribution in [0.5, 0.6) is 17.2 Å². The van der Waals surface area contributed by atoms with Gasteiger partial charge in [0.05, 0.1) is 26.5 Å². The zero-order valence-corrected chi connectivity index (χ0v) is 25.2. The molecular formula is C36H36N2O6. The third-order valence-corrected chi connectivity index (χ3v) is 7.40. The van der Waals surface area contributed by atoms with E-state index in [0.29, 0.717) is 37.6 Å². The van der Waals surface area contributed by atoms with E-state index in [-0.39, 0.29) is 6.42 Å². The van der Waals surface area contributed by atoms with Crippen LogP contribution < -0.4 is 19.1 Å². The molecule has 0 radical (unpaired) electrons. The molecule has 4 aromatic carbocycles. The maximum absolute atomic E-state index is 11.5. The van der Waals surface area contributed by atoms with Crippen molar-refractivity contribution in [1.82, 2.24) is 4.98 Å². The minimum absolute atomic E-state index is 0.0352. The summed E-state index contributed by atoms with van der Waals surface area (Å²) >= 11 is 0. The molecule has 0 aliphatic heterocycles. The summed E-state index contributed by atoms with van der Waals surface area (Å²) in [5.41, 5.74) is 5.63. The molecule has 0 aliphatic carbocycles. The molecule has 8 nitrogen and oxygen atoms in total. The molecule has 1 aromatic heterocycles. The van der Waals surface area contributed by atoms with Crippen LogP contribution in [0.4, 0.5) is 11.4 Å². The van der Waals surface area contributed by atoms with Crippen LogP contribution in [0.1, 0.15) is 29.0 Å². The molecule has 0 spiro atoms. The Bertz CT molecular complexity index is 1620. The van der Waals surface area contributed by atoms with Crippen molar-refractivity contribution in [3.63, 3.8) is 0 Å². The second-order valence-corrected chi connectivity index (χ2v) is 10.3. The molecular weight excluding hydrogens is 556 g/mol. The Labute approximate surface area is 257 Å². The van der Waals surface area contributed by atoms with E-state index in [1.54, 1.807) is 14.2 Å². The Kier molecular flexibility index (Phi) is 9.81. The second kappa shape index (κ2) is 14.3. The van der Waals surface area contributed by atoms with Crippen molar-refractivity contribution in [3.05, 3.63) is 120 Å². The molecule has 44 heavy (non-hydrogen) atoms. The first-order chi connectivity index (χ1) is 21.4. The van der Waals surface area contributed by atoms with Gasteiger partial charge in [0.25, 0.3) is 0 Å². The van der Waals surface area contributed by atoms with E-state index in [1.807, 2.05) is 104 Å². The Balaban J connectivity index is 1.39. The molecule has 0 unspecified atom stereocenters. The minimum atomic E-state index is -0.837. The molecule has 0 amide bonds. The van der Waals surface area contributed by atoms with Gasteiger partial charge in [-0.1, -0.05) is 24.3 Å². The van der Waals surface area contributed by atoms with Crippen molar-refractivity contribution < 1.29 is 28.5 Å². The van der Waals surface area contributed by atoms with Gasteiger partial charge in [0, 0.05) is 36.3 Å². The number of hydrogen-bond acceptors (Lipinski definition) is 7. The predicted molar refractivity (Wildman–Crippen MR) is 170 cm³/mol. The van der Waals surface area contributed by atoms with Crippen LogP contribution in [0.25, 0.3) is 11.5 Å². The summed E-state index contributed by atoms with van der Waals surface area (Å²) in [5, 5.41) is 9.41. The molecule has 0 bridgehead atoms. The van der Waals surface area contributed by atoms with E-state index in [4.69, 9.17) is 18.6 Å². The highest BCUT2D eigenvalue weighted by Gasteiger charge is 2.16. The van der Waals surface area contributed by atoms with Gasteiger partial charge in [0.1, 0.15) is 23.0 Å².